The number of carbonyl (C=O) groups excluding carboxylic acids is 2. The molecule has 4 rings (SSSR count). The van der Waals surface area contributed by atoms with Crippen LogP contribution in [-0.2, 0) is 9.53 Å². The van der Waals surface area contributed by atoms with E-state index in [9.17, 15) is 9.59 Å². The second-order valence-electron chi connectivity index (χ2n) is 8.58. The van der Waals surface area contributed by atoms with Crippen LogP contribution in [0.4, 0.5) is 0 Å². The number of nitrogens with zero attached hydrogens (tertiary/aromatic N) is 1. The molecule has 1 fully saturated rings. The number of amides is 2. The van der Waals surface area contributed by atoms with Crippen molar-refractivity contribution in [2.24, 2.45) is 0 Å². The predicted molar refractivity (Wildman–Crippen MR) is 140 cm³/mol. The van der Waals surface area contributed by atoms with Crippen LogP contribution in [0, 0.1) is 6.92 Å². The number of ether oxygens (including phenoxy) is 2. The lowest BCUT2D eigenvalue weighted by Crippen LogP contribution is -2.42. The highest BCUT2D eigenvalue weighted by Gasteiger charge is 2.16. The molecule has 1 aliphatic rings. The minimum atomic E-state index is -0.349. The number of para-hydroxylation sites is 1. The maximum absolute atomic E-state index is 13.1. The Labute approximate surface area is 211 Å². The van der Waals surface area contributed by atoms with Gasteiger partial charge < -0.3 is 20.1 Å². The van der Waals surface area contributed by atoms with Crippen molar-refractivity contribution in [3.63, 3.8) is 0 Å². The molecule has 1 aliphatic heterocycles. The molecule has 186 valence electrons. The fourth-order valence-corrected chi connectivity index (χ4v) is 3.76. The van der Waals surface area contributed by atoms with Gasteiger partial charge in [-0.3, -0.25) is 14.5 Å². The summed E-state index contributed by atoms with van der Waals surface area (Å²) in [7, 11) is 0. The fraction of sp³-hybridized carbons (Fsp3) is 0.241. The van der Waals surface area contributed by atoms with E-state index in [1.807, 2.05) is 73.7 Å². The van der Waals surface area contributed by atoms with Gasteiger partial charge in [0.25, 0.3) is 11.8 Å². The molecule has 0 aliphatic carbocycles. The Morgan fingerprint density at radius 1 is 0.944 bits per heavy atom. The molecule has 3 aromatic rings. The van der Waals surface area contributed by atoms with Gasteiger partial charge >= 0.3 is 0 Å². The van der Waals surface area contributed by atoms with Crippen LogP contribution in [0.3, 0.4) is 0 Å². The lowest BCUT2D eigenvalue weighted by atomic mass is 10.1. The van der Waals surface area contributed by atoms with E-state index in [0.717, 1.165) is 24.2 Å². The van der Waals surface area contributed by atoms with E-state index in [-0.39, 0.29) is 17.5 Å². The Kier molecular flexibility index (Phi) is 8.86. The smallest absolute Gasteiger partial charge is 0.267 e. The predicted octanol–water partition coefficient (Wildman–Crippen LogP) is 4.01. The maximum atomic E-state index is 13.1. The third kappa shape index (κ3) is 7.53. The van der Waals surface area contributed by atoms with E-state index in [0.29, 0.717) is 43.4 Å². The van der Waals surface area contributed by atoms with E-state index < -0.39 is 0 Å². The van der Waals surface area contributed by atoms with Crippen LogP contribution in [0.25, 0.3) is 6.08 Å². The zero-order valence-electron chi connectivity index (χ0n) is 20.4. The normalized spacial score (nSPS) is 14.2. The minimum Gasteiger partial charge on any atom is -0.457 e. The van der Waals surface area contributed by atoms with Crippen molar-refractivity contribution in [2.45, 2.75) is 6.92 Å². The third-order valence-electron chi connectivity index (χ3n) is 5.77. The van der Waals surface area contributed by atoms with Gasteiger partial charge in [0.15, 0.2) is 0 Å². The summed E-state index contributed by atoms with van der Waals surface area (Å²) in [5.74, 6) is 0.652. The fourth-order valence-electron chi connectivity index (χ4n) is 3.76. The van der Waals surface area contributed by atoms with Crippen LogP contribution < -0.4 is 15.4 Å². The zero-order valence-corrected chi connectivity index (χ0v) is 20.4. The molecule has 7 nitrogen and oxygen atoms in total. The lowest BCUT2D eigenvalue weighted by Gasteiger charge is -2.26. The van der Waals surface area contributed by atoms with Crippen molar-refractivity contribution in [2.75, 3.05) is 39.4 Å². The Hall–Kier alpha value is -3.94. The highest BCUT2D eigenvalue weighted by molar-refractivity contribution is 6.05. The molecule has 0 bridgehead atoms. The molecule has 0 spiro atoms. The Bertz CT molecular complexity index is 1190. The summed E-state index contributed by atoms with van der Waals surface area (Å²) in [4.78, 5) is 28.3. The van der Waals surface area contributed by atoms with Gasteiger partial charge in [-0.25, -0.2) is 0 Å². The number of nitrogens with one attached hydrogen (secondary N) is 2. The standard InChI is InChI=1S/C29H31N3O4/c1-22-10-12-24(13-11-22)28(33)31-27(29(34)30-14-15-32-16-18-35-19-17-32)21-23-6-5-9-26(20-23)36-25-7-3-2-4-8-25/h2-13,20-21H,14-19H2,1H3,(H,30,34)(H,31,33)/b27-21-. The molecule has 0 atom stereocenters. The van der Waals surface area contributed by atoms with Crippen LogP contribution in [0.1, 0.15) is 21.5 Å². The van der Waals surface area contributed by atoms with E-state index in [1.165, 1.54) is 0 Å². The van der Waals surface area contributed by atoms with Gasteiger partial charge in [0.05, 0.1) is 13.2 Å². The quantitative estimate of drug-likeness (QED) is 0.448. The molecule has 36 heavy (non-hydrogen) atoms. The Morgan fingerprint density at radius 2 is 1.67 bits per heavy atom. The molecular weight excluding hydrogens is 454 g/mol. The number of hydrogen-bond acceptors (Lipinski definition) is 5. The molecule has 0 unspecified atom stereocenters. The summed E-state index contributed by atoms with van der Waals surface area (Å²) in [6, 6.07) is 24.1. The van der Waals surface area contributed by atoms with Crippen LogP contribution in [0.5, 0.6) is 11.5 Å². The first-order valence-corrected chi connectivity index (χ1v) is 12.1. The van der Waals surface area contributed by atoms with Crippen molar-refractivity contribution < 1.29 is 19.1 Å². The molecular formula is C29H31N3O4. The maximum Gasteiger partial charge on any atom is 0.267 e. The number of hydrogen-bond donors (Lipinski definition) is 2. The Morgan fingerprint density at radius 3 is 2.42 bits per heavy atom. The van der Waals surface area contributed by atoms with Gasteiger partial charge in [-0.1, -0.05) is 48.0 Å². The summed E-state index contributed by atoms with van der Waals surface area (Å²) >= 11 is 0. The van der Waals surface area contributed by atoms with Gasteiger partial charge in [-0.15, -0.1) is 0 Å². The van der Waals surface area contributed by atoms with Crippen LogP contribution >= 0.6 is 0 Å². The monoisotopic (exact) mass is 485 g/mol. The molecule has 3 aromatic carbocycles. The summed E-state index contributed by atoms with van der Waals surface area (Å²) in [6.07, 6.45) is 1.66. The first kappa shape index (κ1) is 25.2. The number of carbonyl (C=O) groups is 2. The average molecular weight is 486 g/mol. The van der Waals surface area contributed by atoms with Crippen LogP contribution in [0.2, 0.25) is 0 Å². The zero-order chi connectivity index (χ0) is 25.2. The minimum absolute atomic E-state index is 0.166. The summed E-state index contributed by atoms with van der Waals surface area (Å²) in [5.41, 5.74) is 2.43. The highest BCUT2D eigenvalue weighted by atomic mass is 16.5. The molecule has 2 amide bonds. The van der Waals surface area contributed by atoms with Gasteiger partial charge in [0, 0.05) is 31.7 Å². The van der Waals surface area contributed by atoms with Crippen molar-refractivity contribution >= 4 is 17.9 Å². The Balaban J connectivity index is 1.50. The number of benzene rings is 3. The van der Waals surface area contributed by atoms with Crippen LogP contribution in [0.15, 0.2) is 84.6 Å². The topological polar surface area (TPSA) is 79.9 Å². The molecule has 1 saturated heterocycles. The SMILES string of the molecule is Cc1ccc(C(=O)N/C(=C\c2cccc(Oc3ccccc3)c2)C(=O)NCCN2CCOCC2)cc1. The first-order chi connectivity index (χ1) is 17.6. The number of morpholine rings is 1. The summed E-state index contributed by atoms with van der Waals surface area (Å²) in [6.45, 7) is 6.23. The summed E-state index contributed by atoms with van der Waals surface area (Å²) < 4.78 is 11.3. The molecule has 0 aromatic heterocycles. The average Bonchev–Trinajstić information content (AvgIpc) is 2.90. The van der Waals surface area contributed by atoms with Gasteiger partial charge in [0.2, 0.25) is 0 Å². The van der Waals surface area contributed by atoms with Gasteiger partial charge in [-0.2, -0.15) is 0 Å². The molecule has 0 saturated carbocycles. The molecule has 7 heteroatoms. The van der Waals surface area contributed by atoms with Gasteiger partial charge in [0.1, 0.15) is 17.2 Å². The van der Waals surface area contributed by atoms with Crippen molar-refractivity contribution in [1.82, 2.24) is 15.5 Å². The second-order valence-corrected chi connectivity index (χ2v) is 8.58. The van der Waals surface area contributed by atoms with E-state index in [4.69, 9.17) is 9.47 Å². The number of rotatable bonds is 9. The van der Waals surface area contributed by atoms with Crippen molar-refractivity contribution in [1.29, 1.82) is 0 Å². The lowest BCUT2D eigenvalue weighted by molar-refractivity contribution is -0.117. The van der Waals surface area contributed by atoms with E-state index >= 15 is 0 Å². The summed E-state index contributed by atoms with van der Waals surface area (Å²) in [5, 5.41) is 5.73. The molecule has 0 radical (unpaired) electrons. The van der Waals surface area contributed by atoms with Crippen LogP contribution in [-0.4, -0.2) is 56.1 Å². The number of aryl methyl sites for hydroxylation is 1. The second kappa shape index (κ2) is 12.7. The first-order valence-electron chi connectivity index (χ1n) is 12.1. The van der Waals surface area contributed by atoms with Crippen molar-refractivity contribution in [3.8, 4) is 11.5 Å². The molecule has 1 heterocycles. The van der Waals surface area contributed by atoms with E-state index in [1.54, 1.807) is 18.2 Å². The third-order valence-corrected chi connectivity index (χ3v) is 5.77. The molecule has 2 N–H and O–H groups in total. The largest absolute Gasteiger partial charge is 0.457 e. The van der Waals surface area contributed by atoms with Crippen molar-refractivity contribution in [3.05, 3.63) is 101 Å². The van der Waals surface area contributed by atoms with Gasteiger partial charge in [-0.05, 0) is 55.0 Å². The highest BCUT2D eigenvalue weighted by Crippen LogP contribution is 2.22. The van der Waals surface area contributed by atoms with E-state index in [2.05, 4.69) is 15.5 Å².